The van der Waals surface area contributed by atoms with Crippen molar-refractivity contribution in [1.29, 1.82) is 0 Å². The maximum absolute atomic E-state index is 12.0. The van der Waals surface area contributed by atoms with Gasteiger partial charge in [0.15, 0.2) is 0 Å². The van der Waals surface area contributed by atoms with E-state index in [1.807, 2.05) is 17.0 Å². The number of carbonyl (C=O) groups excluding carboxylic acids is 1. The quantitative estimate of drug-likeness (QED) is 0.838. The molecule has 0 unspecified atom stereocenters. The number of ether oxygens (including phenoxy) is 1. The van der Waals surface area contributed by atoms with E-state index >= 15 is 0 Å². The minimum absolute atomic E-state index is 0.0157. The van der Waals surface area contributed by atoms with Crippen molar-refractivity contribution < 1.29 is 19.4 Å². The van der Waals surface area contributed by atoms with E-state index < -0.39 is 5.97 Å². The maximum atomic E-state index is 12.0. The van der Waals surface area contributed by atoms with E-state index in [0.29, 0.717) is 18.6 Å². The average Bonchev–Trinajstić information content (AvgIpc) is 2.46. The lowest BCUT2D eigenvalue weighted by molar-refractivity contribution is -0.137. The molecule has 1 heterocycles. The molecular weight excluding hydrogens is 270 g/mol. The van der Waals surface area contributed by atoms with Gasteiger partial charge in [-0.15, -0.1) is 0 Å². The van der Waals surface area contributed by atoms with Crippen LogP contribution in [-0.4, -0.2) is 30.1 Å². The summed E-state index contributed by atoms with van der Waals surface area (Å²) in [7, 11) is 0. The lowest BCUT2D eigenvalue weighted by Gasteiger charge is -2.29. The van der Waals surface area contributed by atoms with Crippen molar-refractivity contribution in [2.45, 2.75) is 39.0 Å². The molecule has 1 aliphatic heterocycles. The van der Waals surface area contributed by atoms with Crippen molar-refractivity contribution in [2.24, 2.45) is 0 Å². The second-order valence-electron chi connectivity index (χ2n) is 5.18. The summed E-state index contributed by atoms with van der Waals surface area (Å²) in [5, 5.41) is 8.61. The fourth-order valence-electron chi connectivity index (χ4n) is 2.44. The second kappa shape index (κ2) is 7.11. The Balaban J connectivity index is 2.08. The van der Waals surface area contributed by atoms with Gasteiger partial charge in [0.25, 0.3) is 0 Å². The lowest BCUT2D eigenvalue weighted by atomic mass is 10.0. The molecule has 1 aromatic carbocycles. The number of aryl methyl sites for hydroxylation is 1. The molecular formula is C16H21NO4. The SMILES string of the molecule is CCCCN1C(=O)CCc2cc(OCCC(=O)O)ccc21. The van der Waals surface area contributed by atoms with Crippen LogP contribution in [-0.2, 0) is 16.0 Å². The number of unbranched alkanes of at least 4 members (excludes halogenated alkanes) is 1. The Labute approximate surface area is 124 Å². The van der Waals surface area contributed by atoms with Gasteiger partial charge in [-0.05, 0) is 36.6 Å². The van der Waals surface area contributed by atoms with Crippen molar-refractivity contribution in [1.82, 2.24) is 0 Å². The second-order valence-corrected chi connectivity index (χ2v) is 5.18. The van der Waals surface area contributed by atoms with Crippen LogP contribution >= 0.6 is 0 Å². The fraction of sp³-hybridized carbons (Fsp3) is 0.500. The van der Waals surface area contributed by atoms with Crippen LogP contribution < -0.4 is 9.64 Å². The molecule has 21 heavy (non-hydrogen) atoms. The third-order valence-corrected chi connectivity index (χ3v) is 3.57. The van der Waals surface area contributed by atoms with Crippen LogP contribution in [0.25, 0.3) is 0 Å². The Morgan fingerprint density at radius 2 is 2.19 bits per heavy atom. The van der Waals surface area contributed by atoms with Crippen molar-refractivity contribution in [2.75, 3.05) is 18.1 Å². The lowest BCUT2D eigenvalue weighted by Crippen LogP contribution is -2.35. The van der Waals surface area contributed by atoms with E-state index in [1.54, 1.807) is 6.07 Å². The van der Waals surface area contributed by atoms with Crippen LogP contribution in [0.1, 0.15) is 38.2 Å². The zero-order valence-corrected chi connectivity index (χ0v) is 12.3. The zero-order valence-electron chi connectivity index (χ0n) is 12.3. The molecule has 0 saturated carbocycles. The Kier molecular flexibility index (Phi) is 5.20. The summed E-state index contributed by atoms with van der Waals surface area (Å²) >= 11 is 0. The van der Waals surface area contributed by atoms with E-state index in [9.17, 15) is 9.59 Å². The summed E-state index contributed by atoms with van der Waals surface area (Å²) in [6.07, 6.45) is 3.26. The minimum atomic E-state index is -0.871. The molecule has 0 atom stereocenters. The molecule has 0 aliphatic carbocycles. The predicted molar refractivity (Wildman–Crippen MR) is 79.8 cm³/mol. The molecule has 0 fully saturated rings. The monoisotopic (exact) mass is 291 g/mol. The number of benzene rings is 1. The fourth-order valence-corrected chi connectivity index (χ4v) is 2.44. The average molecular weight is 291 g/mol. The molecule has 0 spiro atoms. The number of hydrogen-bond donors (Lipinski definition) is 1. The van der Waals surface area contributed by atoms with E-state index in [4.69, 9.17) is 9.84 Å². The van der Waals surface area contributed by atoms with Gasteiger partial charge in [-0.3, -0.25) is 9.59 Å². The van der Waals surface area contributed by atoms with Gasteiger partial charge in [-0.1, -0.05) is 13.3 Å². The number of carboxylic acid groups (broad SMARTS) is 1. The molecule has 114 valence electrons. The van der Waals surface area contributed by atoms with E-state index in [2.05, 4.69) is 6.92 Å². The summed E-state index contributed by atoms with van der Waals surface area (Å²) in [6, 6.07) is 5.62. The molecule has 1 aromatic rings. The summed E-state index contributed by atoms with van der Waals surface area (Å²) < 4.78 is 5.44. The topological polar surface area (TPSA) is 66.8 Å². The first-order valence-electron chi connectivity index (χ1n) is 7.39. The van der Waals surface area contributed by atoms with Gasteiger partial charge in [0, 0.05) is 18.7 Å². The number of amides is 1. The third-order valence-electron chi connectivity index (χ3n) is 3.57. The van der Waals surface area contributed by atoms with Crippen LogP contribution in [0, 0.1) is 0 Å². The van der Waals surface area contributed by atoms with Gasteiger partial charge >= 0.3 is 5.97 Å². The molecule has 0 radical (unpaired) electrons. The normalized spacial score (nSPS) is 14.0. The molecule has 0 saturated heterocycles. The Morgan fingerprint density at radius 1 is 1.38 bits per heavy atom. The first-order valence-corrected chi connectivity index (χ1v) is 7.39. The number of fused-ring (bicyclic) bond motifs is 1. The number of anilines is 1. The van der Waals surface area contributed by atoms with Gasteiger partial charge in [-0.2, -0.15) is 0 Å². The Morgan fingerprint density at radius 3 is 2.90 bits per heavy atom. The van der Waals surface area contributed by atoms with Crippen LogP contribution in [0.3, 0.4) is 0 Å². The smallest absolute Gasteiger partial charge is 0.306 e. The highest BCUT2D eigenvalue weighted by atomic mass is 16.5. The van der Waals surface area contributed by atoms with Crippen LogP contribution in [0.15, 0.2) is 18.2 Å². The number of nitrogens with zero attached hydrogens (tertiary/aromatic N) is 1. The highest BCUT2D eigenvalue weighted by Crippen LogP contribution is 2.31. The van der Waals surface area contributed by atoms with Crippen molar-refractivity contribution in [3.05, 3.63) is 23.8 Å². The van der Waals surface area contributed by atoms with Gasteiger partial charge < -0.3 is 14.7 Å². The number of carboxylic acids is 1. The molecule has 1 N–H and O–H groups in total. The van der Waals surface area contributed by atoms with Crippen LogP contribution in [0.5, 0.6) is 5.75 Å². The number of aliphatic carboxylic acids is 1. The summed E-state index contributed by atoms with van der Waals surface area (Å²) in [6.45, 7) is 3.02. The maximum Gasteiger partial charge on any atom is 0.306 e. The molecule has 1 aliphatic rings. The van der Waals surface area contributed by atoms with Crippen LogP contribution in [0.2, 0.25) is 0 Å². The van der Waals surface area contributed by atoms with Gasteiger partial charge in [-0.25, -0.2) is 0 Å². The molecule has 0 bridgehead atoms. The van der Waals surface area contributed by atoms with Gasteiger partial charge in [0.05, 0.1) is 13.0 Å². The van der Waals surface area contributed by atoms with Crippen LogP contribution in [0.4, 0.5) is 5.69 Å². The summed E-state index contributed by atoms with van der Waals surface area (Å²) in [5.74, 6) is -0.0282. The van der Waals surface area contributed by atoms with E-state index in [1.165, 1.54) is 0 Å². The standard InChI is InChI=1S/C16H21NO4/c1-2-3-9-17-14-6-5-13(21-10-8-16(19)20)11-12(14)4-7-15(17)18/h5-6,11H,2-4,7-10H2,1H3,(H,19,20). The molecule has 5 nitrogen and oxygen atoms in total. The Hall–Kier alpha value is -2.04. The first kappa shape index (κ1) is 15.4. The highest BCUT2D eigenvalue weighted by Gasteiger charge is 2.23. The summed E-state index contributed by atoms with van der Waals surface area (Å²) in [4.78, 5) is 24.4. The van der Waals surface area contributed by atoms with Gasteiger partial charge in [0.2, 0.25) is 5.91 Å². The van der Waals surface area contributed by atoms with Crippen molar-refractivity contribution in [3.63, 3.8) is 0 Å². The molecule has 2 rings (SSSR count). The number of carbonyl (C=O) groups is 2. The largest absolute Gasteiger partial charge is 0.493 e. The van der Waals surface area contributed by atoms with Crippen molar-refractivity contribution >= 4 is 17.6 Å². The number of hydrogen-bond acceptors (Lipinski definition) is 3. The van der Waals surface area contributed by atoms with E-state index in [-0.39, 0.29) is 18.9 Å². The number of rotatable bonds is 7. The third kappa shape index (κ3) is 3.97. The minimum Gasteiger partial charge on any atom is -0.493 e. The predicted octanol–water partition coefficient (Wildman–Crippen LogP) is 2.62. The highest BCUT2D eigenvalue weighted by molar-refractivity contribution is 5.96. The summed E-state index contributed by atoms with van der Waals surface area (Å²) in [5.41, 5.74) is 2.06. The van der Waals surface area contributed by atoms with E-state index in [0.717, 1.165) is 30.6 Å². The molecule has 1 amide bonds. The van der Waals surface area contributed by atoms with Crippen molar-refractivity contribution in [3.8, 4) is 5.75 Å². The Bertz CT molecular complexity index is 527. The zero-order chi connectivity index (χ0) is 15.2. The molecule has 0 aromatic heterocycles. The van der Waals surface area contributed by atoms with Gasteiger partial charge in [0.1, 0.15) is 5.75 Å². The first-order chi connectivity index (χ1) is 10.1. The molecule has 5 heteroatoms.